The van der Waals surface area contributed by atoms with Gasteiger partial charge in [0.1, 0.15) is 5.60 Å². The molecule has 0 aromatic heterocycles. The molecule has 5 nitrogen and oxygen atoms in total. The molecular formula is C12H16N2O3. The summed E-state index contributed by atoms with van der Waals surface area (Å²) in [6.45, 7) is 5.40. The zero-order valence-electron chi connectivity index (χ0n) is 10.1. The molecule has 0 aliphatic rings. The molecule has 0 spiro atoms. The van der Waals surface area contributed by atoms with Crippen LogP contribution in [0.15, 0.2) is 29.4 Å². The van der Waals surface area contributed by atoms with Gasteiger partial charge in [-0.25, -0.2) is 4.79 Å². The highest BCUT2D eigenvalue weighted by Crippen LogP contribution is 2.12. The van der Waals surface area contributed by atoms with Crippen molar-refractivity contribution in [2.75, 3.05) is 5.32 Å². The number of carbonyl (C=O) groups is 1. The molecule has 0 bridgehead atoms. The zero-order chi connectivity index (χ0) is 12.9. The van der Waals surface area contributed by atoms with Crippen molar-refractivity contribution in [2.45, 2.75) is 26.4 Å². The van der Waals surface area contributed by atoms with Gasteiger partial charge in [0.05, 0.1) is 6.21 Å². The molecule has 0 saturated heterocycles. The lowest BCUT2D eigenvalue weighted by Gasteiger charge is -2.19. The first kappa shape index (κ1) is 13.0. The Morgan fingerprint density at radius 3 is 2.41 bits per heavy atom. The van der Waals surface area contributed by atoms with E-state index in [9.17, 15) is 4.79 Å². The number of ether oxygens (including phenoxy) is 1. The first-order valence-electron chi connectivity index (χ1n) is 5.18. The molecule has 0 aliphatic carbocycles. The molecule has 1 amide bonds. The Kier molecular flexibility index (Phi) is 4.09. The highest BCUT2D eigenvalue weighted by molar-refractivity contribution is 5.86. The van der Waals surface area contributed by atoms with Gasteiger partial charge in [-0.1, -0.05) is 17.3 Å². The first-order valence-corrected chi connectivity index (χ1v) is 5.18. The molecule has 0 saturated carbocycles. The number of nitrogens with one attached hydrogen (secondary N) is 1. The van der Waals surface area contributed by atoms with Crippen LogP contribution in [0.5, 0.6) is 0 Å². The average molecular weight is 236 g/mol. The van der Waals surface area contributed by atoms with Crippen molar-refractivity contribution in [1.29, 1.82) is 0 Å². The van der Waals surface area contributed by atoms with Crippen molar-refractivity contribution in [3.8, 4) is 0 Å². The first-order chi connectivity index (χ1) is 7.90. The summed E-state index contributed by atoms with van der Waals surface area (Å²) >= 11 is 0. The monoisotopic (exact) mass is 236 g/mol. The van der Waals surface area contributed by atoms with Gasteiger partial charge in [0, 0.05) is 5.69 Å². The number of nitrogens with zero attached hydrogens (tertiary/aromatic N) is 1. The molecular weight excluding hydrogens is 220 g/mol. The van der Waals surface area contributed by atoms with Crippen LogP contribution < -0.4 is 5.32 Å². The van der Waals surface area contributed by atoms with Crippen molar-refractivity contribution in [1.82, 2.24) is 0 Å². The Morgan fingerprint density at radius 2 is 1.94 bits per heavy atom. The zero-order valence-corrected chi connectivity index (χ0v) is 10.1. The van der Waals surface area contributed by atoms with E-state index in [1.54, 1.807) is 45.0 Å². The fraction of sp³-hybridized carbons (Fsp3) is 0.333. The number of hydrogen-bond donors (Lipinski definition) is 2. The Balaban J connectivity index is 2.60. The van der Waals surface area contributed by atoms with Gasteiger partial charge >= 0.3 is 6.09 Å². The average Bonchev–Trinajstić information content (AvgIpc) is 2.18. The third kappa shape index (κ3) is 5.01. The number of rotatable bonds is 2. The summed E-state index contributed by atoms with van der Waals surface area (Å²) in [5.74, 6) is 0. The molecule has 0 fully saturated rings. The third-order valence-electron chi connectivity index (χ3n) is 1.76. The van der Waals surface area contributed by atoms with E-state index in [-0.39, 0.29) is 0 Å². The molecule has 2 N–H and O–H groups in total. The van der Waals surface area contributed by atoms with Gasteiger partial charge in [0.2, 0.25) is 0 Å². The second-order valence-corrected chi connectivity index (χ2v) is 4.49. The molecule has 1 aromatic rings. The van der Waals surface area contributed by atoms with Crippen molar-refractivity contribution >= 4 is 18.0 Å². The van der Waals surface area contributed by atoms with Crippen molar-refractivity contribution in [3.05, 3.63) is 29.8 Å². The Bertz CT molecular complexity index is 405. The number of hydrogen-bond acceptors (Lipinski definition) is 4. The van der Waals surface area contributed by atoms with Gasteiger partial charge in [0.25, 0.3) is 0 Å². The number of carbonyl (C=O) groups excluding carboxylic acids is 1. The largest absolute Gasteiger partial charge is 0.444 e. The number of amides is 1. The van der Waals surface area contributed by atoms with Gasteiger partial charge in [-0.2, -0.15) is 0 Å². The van der Waals surface area contributed by atoms with Crippen molar-refractivity contribution in [2.24, 2.45) is 5.16 Å². The lowest BCUT2D eigenvalue weighted by molar-refractivity contribution is 0.0636. The summed E-state index contributed by atoms with van der Waals surface area (Å²) < 4.78 is 5.10. The molecule has 92 valence electrons. The molecule has 0 heterocycles. The van der Waals surface area contributed by atoms with E-state index in [2.05, 4.69) is 10.5 Å². The summed E-state index contributed by atoms with van der Waals surface area (Å²) in [5.41, 5.74) is 0.838. The van der Waals surface area contributed by atoms with Crippen LogP contribution in [0.1, 0.15) is 26.3 Å². The molecule has 0 aliphatic heterocycles. The van der Waals surface area contributed by atoms with Crippen LogP contribution in [0.4, 0.5) is 10.5 Å². The number of oxime groups is 1. The van der Waals surface area contributed by atoms with E-state index in [0.717, 1.165) is 5.56 Å². The predicted octanol–water partition coefficient (Wildman–Crippen LogP) is 2.84. The van der Waals surface area contributed by atoms with Crippen LogP contribution in [0.25, 0.3) is 0 Å². The minimum Gasteiger partial charge on any atom is -0.444 e. The topological polar surface area (TPSA) is 70.9 Å². The van der Waals surface area contributed by atoms with Crippen LogP contribution in [-0.4, -0.2) is 23.1 Å². The van der Waals surface area contributed by atoms with Gasteiger partial charge in [-0.15, -0.1) is 0 Å². The second kappa shape index (κ2) is 5.34. The quantitative estimate of drug-likeness (QED) is 0.471. The van der Waals surface area contributed by atoms with E-state index < -0.39 is 11.7 Å². The number of anilines is 1. The fourth-order valence-electron chi connectivity index (χ4n) is 1.14. The Morgan fingerprint density at radius 1 is 1.35 bits per heavy atom. The lowest BCUT2D eigenvalue weighted by Crippen LogP contribution is -2.27. The molecule has 1 aromatic carbocycles. The number of benzene rings is 1. The minimum atomic E-state index is -0.520. The minimum absolute atomic E-state index is 0.499. The van der Waals surface area contributed by atoms with Crippen molar-refractivity contribution in [3.63, 3.8) is 0 Å². The predicted molar refractivity (Wildman–Crippen MR) is 65.7 cm³/mol. The fourth-order valence-corrected chi connectivity index (χ4v) is 1.14. The molecule has 0 radical (unpaired) electrons. The Hall–Kier alpha value is -2.04. The van der Waals surface area contributed by atoms with Crippen LogP contribution in [0, 0.1) is 0 Å². The summed E-state index contributed by atoms with van der Waals surface area (Å²) in [5, 5.41) is 13.8. The van der Waals surface area contributed by atoms with Gasteiger partial charge in [0.15, 0.2) is 0 Å². The van der Waals surface area contributed by atoms with Crippen molar-refractivity contribution < 1.29 is 14.7 Å². The van der Waals surface area contributed by atoms with E-state index >= 15 is 0 Å². The molecule has 5 heteroatoms. The normalized spacial score (nSPS) is 11.5. The van der Waals surface area contributed by atoms with Gasteiger partial charge < -0.3 is 9.94 Å². The standard InChI is InChI=1S/C12H16N2O3/c1-12(2,3)17-11(15)14-10-6-4-9(5-7-10)8-13-16/h4-8,16H,1-3H3,(H,14,15). The summed E-state index contributed by atoms with van der Waals surface area (Å²) in [6.07, 6.45) is 0.804. The molecule has 1 rings (SSSR count). The van der Waals surface area contributed by atoms with E-state index in [1.165, 1.54) is 6.21 Å². The smallest absolute Gasteiger partial charge is 0.412 e. The summed E-state index contributed by atoms with van der Waals surface area (Å²) in [7, 11) is 0. The highest BCUT2D eigenvalue weighted by Gasteiger charge is 2.15. The van der Waals surface area contributed by atoms with Crippen LogP contribution in [0.2, 0.25) is 0 Å². The van der Waals surface area contributed by atoms with Crippen LogP contribution in [0.3, 0.4) is 0 Å². The second-order valence-electron chi connectivity index (χ2n) is 4.49. The van der Waals surface area contributed by atoms with E-state index in [0.29, 0.717) is 5.69 Å². The third-order valence-corrected chi connectivity index (χ3v) is 1.76. The SMILES string of the molecule is CC(C)(C)OC(=O)Nc1ccc(C=NO)cc1. The van der Waals surface area contributed by atoms with Gasteiger partial charge in [-0.3, -0.25) is 5.32 Å². The summed E-state index contributed by atoms with van der Waals surface area (Å²) in [6, 6.07) is 6.82. The van der Waals surface area contributed by atoms with Gasteiger partial charge in [-0.05, 0) is 38.5 Å². The molecule has 0 atom stereocenters. The maximum absolute atomic E-state index is 11.4. The maximum atomic E-state index is 11.4. The maximum Gasteiger partial charge on any atom is 0.412 e. The van der Waals surface area contributed by atoms with E-state index in [4.69, 9.17) is 9.94 Å². The lowest BCUT2D eigenvalue weighted by atomic mass is 10.2. The molecule has 0 unspecified atom stereocenters. The Labute approximate surface area is 100 Å². The molecule has 17 heavy (non-hydrogen) atoms. The van der Waals surface area contributed by atoms with E-state index in [1.807, 2.05) is 0 Å². The van der Waals surface area contributed by atoms with Crippen LogP contribution >= 0.6 is 0 Å². The van der Waals surface area contributed by atoms with Crippen LogP contribution in [-0.2, 0) is 4.74 Å². The highest BCUT2D eigenvalue weighted by atomic mass is 16.6. The summed E-state index contributed by atoms with van der Waals surface area (Å²) in [4.78, 5) is 11.4.